The van der Waals surface area contributed by atoms with Crippen LogP contribution in [0.3, 0.4) is 0 Å². The standard InChI is InChI=1S/C19H20N6O3/c1-12-2-3-13(17-22-19(27)24-23-17)10-15(12)21-18(26)16-11-14(4-5-20-16)25-6-8-28-9-7-25/h2-5,10-11H,6-9H2,1H3,(H,21,26)(H2,22,23,24,27). The fourth-order valence-corrected chi connectivity index (χ4v) is 3.06. The summed E-state index contributed by atoms with van der Waals surface area (Å²) in [6, 6.07) is 9.13. The predicted molar refractivity (Wildman–Crippen MR) is 105 cm³/mol. The topological polar surface area (TPSA) is 116 Å². The molecule has 1 saturated heterocycles. The van der Waals surface area contributed by atoms with Gasteiger partial charge in [0.25, 0.3) is 5.91 Å². The molecule has 2 aromatic heterocycles. The van der Waals surface area contributed by atoms with Gasteiger partial charge in [0.15, 0.2) is 5.82 Å². The highest BCUT2D eigenvalue weighted by atomic mass is 16.5. The van der Waals surface area contributed by atoms with E-state index in [0.29, 0.717) is 36.0 Å². The number of aromatic amines is 2. The number of hydrogen-bond donors (Lipinski definition) is 3. The highest BCUT2D eigenvalue weighted by Crippen LogP contribution is 2.23. The third kappa shape index (κ3) is 3.79. The minimum absolute atomic E-state index is 0.300. The van der Waals surface area contributed by atoms with E-state index in [0.717, 1.165) is 24.3 Å². The van der Waals surface area contributed by atoms with Crippen molar-refractivity contribution < 1.29 is 9.53 Å². The maximum absolute atomic E-state index is 12.8. The van der Waals surface area contributed by atoms with Crippen LogP contribution in [0.25, 0.3) is 11.4 Å². The lowest BCUT2D eigenvalue weighted by Crippen LogP contribution is -2.36. The van der Waals surface area contributed by atoms with Gasteiger partial charge in [-0.1, -0.05) is 12.1 Å². The molecule has 3 heterocycles. The van der Waals surface area contributed by atoms with Gasteiger partial charge in [0, 0.05) is 36.2 Å². The van der Waals surface area contributed by atoms with Crippen LogP contribution in [0.15, 0.2) is 41.3 Å². The second-order valence-corrected chi connectivity index (χ2v) is 6.51. The molecule has 0 unspecified atom stereocenters. The SMILES string of the molecule is Cc1ccc(-c2n[nH]c(=O)[nH]2)cc1NC(=O)c1cc(N2CCOCC2)ccn1. The molecule has 0 spiro atoms. The van der Waals surface area contributed by atoms with Gasteiger partial charge in [-0.25, -0.2) is 9.89 Å². The number of nitrogens with one attached hydrogen (secondary N) is 3. The molecule has 0 radical (unpaired) electrons. The summed E-state index contributed by atoms with van der Waals surface area (Å²) in [7, 11) is 0. The summed E-state index contributed by atoms with van der Waals surface area (Å²) in [4.78, 5) is 33.0. The highest BCUT2D eigenvalue weighted by molar-refractivity contribution is 6.04. The smallest absolute Gasteiger partial charge is 0.340 e. The summed E-state index contributed by atoms with van der Waals surface area (Å²) < 4.78 is 5.37. The molecule has 1 aliphatic heterocycles. The monoisotopic (exact) mass is 380 g/mol. The highest BCUT2D eigenvalue weighted by Gasteiger charge is 2.15. The number of amides is 1. The largest absolute Gasteiger partial charge is 0.378 e. The Kier molecular flexibility index (Phi) is 4.90. The molecule has 0 saturated carbocycles. The lowest BCUT2D eigenvalue weighted by atomic mass is 10.1. The van der Waals surface area contributed by atoms with Gasteiger partial charge in [0.2, 0.25) is 0 Å². The van der Waals surface area contributed by atoms with Gasteiger partial charge in [-0.3, -0.25) is 14.8 Å². The van der Waals surface area contributed by atoms with Crippen LogP contribution >= 0.6 is 0 Å². The number of benzene rings is 1. The number of carbonyl (C=O) groups is 1. The van der Waals surface area contributed by atoms with Crippen LogP contribution in [0.5, 0.6) is 0 Å². The van der Waals surface area contributed by atoms with E-state index in [4.69, 9.17) is 4.74 Å². The van der Waals surface area contributed by atoms with Crippen molar-refractivity contribution in [3.05, 3.63) is 58.3 Å². The zero-order valence-electron chi connectivity index (χ0n) is 15.4. The molecule has 0 bridgehead atoms. The van der Waals surface area contributed by atoms with Crippen molar-refractivity contribution in [2.75, 3.05) is 36.5 Å². The van der Waals surface area contributed by atoms with Crippen molar-refractivity contribution in [1.82, 2.24) is 20.2 Å². The molecular formula is C19H20N6O3. The number of aromatic nitrogens is 4. The van der Waals surface area contributed by atoms with Gasteiger partial charge in [-0.15, -0.1) is 0 Å². The Morgan fingerprint density at radius 1 is 1.21 bits per heavy atom. The first kappa shape index (κ1) is 17.9. The summed E-state index contributed by atoms with van der Waals surface area (Å²) in [6.07, 6.45) is 1.64. The molecule has 9 heteroatoms. The number of pyridine rings is 1. The Bertz CT molecular complexity index is 1050. The van der Waals surface area contributed by atoms with Crippen LogP contribution in [0.4, 0.5) is 11.4 Å². The van der Waals surface area contributed by atoms with Crippen LogP contribution in [0.2, 0.25) is 0 Å². The van der Waals surface area contributed by atoms with Crippen LogP contribution in [0.1, 0.15) is 16.1 Å². The first-order chi connectivity index (χ1) is 13.6. The van der Waals surface area contributed by atoms with Gasteiger partial charge >= 0.3 is 5.69 Å². The van der Waals surface area contributed by atoms with E-state index in [1.54, 1.807) is 18.3 Å². The summed E-state index contributed by atoms with van der Waals surface area (Å²) in [5, 5.41) is 9.16. The normalized spacial score (nSPS) is 14.1. The Balaban J connectivity index is 1.56. The van der Waals surface area contributed by atoms with E-state index < -0.39 is 0 Å². The summed E-state index contributed by atoms with van der Waals surface area (Å²) in [5.41, 5.74) is 3.11. The third-order valence-electron chi connectivity index (χ3n) is 4.61. The molecule has 1 amide bonds. The number of carbonyl (C=O) groups excluding carboxylic acids is 1. The average Bonchev–Trinajstić information content (AvgIpc) is 3.16. The number of H-pyrrole nitrogens is 2. The molecule has 144 valence electrons. The molecule has 1 aromatic carbocycles. The molecule has 9 nitrogen and oxygen atoms in total. The Morgan fingerprint density at radius 2 is 2.04 bits per heavy atom. The van der Waals surface area contributed by atoms with Crippen LogP contribution in [0, 0.1) is 6.92 Å². The fraction of sp³-hybridized carbons (Fsp3) is 0.263. The molecular weight excluding hydrogens is 360 g/mol. The number of morpholine rings is 1. The quantitative estimate of drug-likeness (QED) is 0.633. The van der Waals surface area contributed by atoms with Crippen LogP contribution in [-0.4, -0.2) is 52.4 Å². The Hall–Kier alpha value is -3.46. The first-order valence-corrected chi connectivity index (χ1v) is 8.96. The summed E-state index contributed by atoms with van der Waals surface area (Å²) in [5.74, 6) is 0.110. The lowest BCUT2D eigenvalue weighted by Gasteiger charge is -2.28. The minimum atomic E-state index is -0.384. The molecule has 0 atom stereocenters. The van der Waals surface area contributed by atoms with Crippen molar-refractivity contribution in [3.8, 4) is 11.4 Å². The second-order valence-electron chi connectivity index (χ2n) is 6.51. The molecule has 28 heavy (non-hydrogen) atoms. The third-order valence-corrected chi connectivity index (χ3v) is 4.61. The molecule has 0 aliphatic carbocycles. The zero-order valence-corrected chi connectivity index (χ0v) is 15.4. The molecule has 3 aromatic rings. The lowest BCUT2D eigenvalue weighted by molar-refractivity contribution is 0.102. The van der Waals surface area contributed by atoms with Crippen molar-refractivity contribution >= 4 is 17.3 Å². The zero-order chi connectivity index (χ0) is 19.5. The number of ether oxygens (including phenoxy) is 1. The number of rotatable bonds is 4. The van der Waals surface area contributed by atoms with Crippen molar-refractivity contribution in [1.29, 1.82) is 0 Å². The number of hydrogen-bond acceptors (Lipinski definition) is 6. The minimum Gasteiger partial charge on any atom is -0.378 e. The van der Waals surface area contributed by atoms with Gasteiger partial charge in [-0.2, -0.15) is 5.10 Å². The van der Waals surface area contributed by atoms with Crippen molar-refractivity contribution in [2.24, 2.45) is 0 Å². The van der Waals surface area contributed by atoms with E-state index in [1.807, 2.05) is 25.1 Å². The first-order valence-electron chi connectivity index (χ1n) is 8.96. The van der Waals surface area contributed by atoms with Gasteiger partial charge in [-0.05, 0) is 30.7 Å². The predicted octanol–water partition coefficient (Wildman–Crippen LogP) is 1.56. The molecule has 3 N–H and O–H groups in total. The summed E-state index contributed by atoms with van der Waals surface area (Å²) in [6.45, 7) is 4.81. The maximum atomic E-state index is 12.8. The van der Waals surface area contributed by atoms with E-state index in [9.17, 15) is 9.59 Å². The van der Waals surface area contributed by atoms with Crippen molar-refractivity contribution in [3.63, 3.8) is 0 Å². The maximum Gasteiger partial charge on any atom is 0.340 e. The molecule has 1 aliphatic rings. The van der Waals surface area contributed by atoms with Gasteiger partial charge in [0.1, 0.15) is 5.69 Å². The number of anilines is 2. The van der Waals surface area contributed by atoms with Crippen molar-refractivity contribution in [2.45, 2.75) is 6.92 Å². The summed E-state index contributed by atoms with van der Waals surface area (Å²) >= 11 is 0. The van der Waals surface area contributed by atoms with Gasteiger partial charge in [0.05, 0.1) is 13.2 Å². The second kappa shape index (κ2) is 7.65. The van der Waals surface area contributed by atoms with Crippen LogP contribution < -0.4 is 15.9 Å². The van der Waals surface area contributed by atoms with E-state index in [1.165, 1.54) is 0 Å². The molecule has 4 rings (SSSR count). The average molecular weight is 380 g/mol. The number of nitrogens with zero attached hydrogens (tertiary/aromatic N) is 3. The fourth-order valence-electron chi connectivity index (χ4n) is 3.06. The van der Waals surface area contributed by atoms with Crippen LogP contribution in [-0.2, 0) is 4.74 Å². The Labute approximate surface area is 160 Å². The molecule has 1 fully saturated rings. The Morgan fingerprint density at radius 3 is 2.79 bits per heavy atom. The number of aryl methyl sites for hydroxylation is 1. The van der Waals surface area contributed by atoms with E-state index in [2.05, 4.69) is 30.4 Å². The van der Waals surface area contributed by atoms with E-state index in [-0.39, 0.29) is 11.6 Å². The van der Waals surface area contributed by atoms with Gasteiger partial charge < -0.3 is 15.0 Å². The van der Waals surface area contributed by atoms with E-state index >= 15 is 0 Å².